The highest BCUT2D eigenvalue weighted by Gasteiger charge is 2.30. The Morgan fingerprint density at radius 3 is 2.88 bits per heavy atom. The minimum Gasteiger partial charge on any atom is -0.423 e. The number of rotatable bonds is 1. The van der Waals surface area contributed by atoms with E-state index in [1.54, 1.807) is 12.1 Å². The fourth-order valence-corrected chi connectivity index (χ4v) is 2.72. The highest BCUT2D eigenvalue weighted by molar-refractivity contribution is 14.1. The summed E-state index contributed by atoms with van der Waals surface area (Å²) in [6.45, 7) is 0.432. The zero-order valence-electron chi connectivity index (χ0n) is 8.99. The summed E-state index contributed by atoms with van der Waals surface area (Å²) in [4.78, 5) is 0. The second-order valence-electron chi connectivity index (χ2n) is 4.09. The highest BCUT2D eigenvalue weighted by Crippen LogP contribution is 2.13. The van der Waals surface area contributed by atoms with Gasteiger partial charge in [-0.1, -0.05) is 24.3 Å². The summed E-state index contributed by atoms with van der Waals surface area (Å²) in [5.74, 6) is -0.204. The first kappa shape index (κ1) is 11.2. The minimum absolute atomic E-state index is 0.129. The van der Waals surface area contributed by atoms with Crippen molar-refractivity contribution in [1.82, 2.24) is 0 Å². The Morgan fingerprint density at radius 2 is 2.06 bits per heavy atom. The van der Waals surface area contributed by atoms with Gasteiger partial charge < -0.3 is 4.65 Å². The van der Waals surface area contributed by atoms with E-state index in [1.165, 1.54) is 6.07 Å². The Balaban J connectivity index is 2.06. The van der Waals surface area contributed by atoms with E-state index < -0.39 is 0 Å². The third-order valence-corrected chi connectivity index (χ3v) is 3.62. The van der Waals surface area contributed by atoms with Crippen molar-refractivity contribution in [3.63, 3.8) is 0 Å². The van der Waals surface area contributed by atoms with Crippen molar-refractivity contribution < 1.29 is 9.04 Å². The second-order valence-corrected chi connectivity index (χ2v) is 5.33. The molecule has 0 N–H and O–H groups in total. The molecule has 0 atom stereocenters. The Hall–Kier alpha value is -0.875. The lowest BCUT2D eigenvalue weighted by molar-refractivity contribution is 0.337. The fourth-order valence-electron chi connectivity index (χ4n) is 2.15. The van der Waals surface area contributed by atoms with E-state index in [0.717, 1.165) is 20.1 Å². The predicted molar refractivity (Wildman–Crippen MR) is 75.4 cm³/mol. The average Bonchev–Trinajstić information content (AvgIpc) is 2.71. The lowest BCUT2D eigenvalue weighted by Crippen LogP contribution is -2.41. The van der Waals surface area contributed by atoms with Gasteiger partial charge in [-0.25, -0.2) is 4.39 Å². The Kier molecular flexibility index (Phi) is 2.92. The zero-order valence-corrected chi connectivity index (χ0v) is 11.1. The molecule has 0 aromatic heterocycles. The molecule has 84 valence electrons. The number of halogens is 2. The third-order valence-electron chi connectivity index (χ3n) is 2.95. The number of hydrogen-bond donors (Lipinski definition) is 0. The van der Waals surface area contributed by atoms with Gasteiger partial charge in [-0.3, -0.25) is 0 Å². The molecule has 1 aliphatic heterocycles. The summed E-state index contributed by atoms with van der Waals surface area (Å²) >= 11 is 2.27. The van der Waals surface area contributed by atoms with Crippen LogP contribution in [0.1, 0.15) is 5.56 Å². The van der Waals surface area contributed by atoms with Crippen molar-refractivity contribution in [2.24, 2.45) is 0 Å². The van der Waals surface area contributed by atoms with Crippen molar-refractivity contribution in [2.75, 3.05) is 0 Å². The topological polar surface area (TPSA) is 9.23 Å². The van der Waals surface area contributed by atoms with Gasteiger partial charge >= 0.3 is 6.92 Å². The number of hydrogen-bond acceptors (Lipinski definition) is 1. The van der Waals surface area contributed by atoms with E-state index in [-0.39, 0.29) is 12.7 Å². The van der Waals surface area contributed by atoms with Crippen LogP contribution >= 0.6 is 22.6 Å². The SMILES string of the molecule is Fc1ccc2c(c1)B(c1cccc(I)c1)OC2. The standard InChI is InChI=1S/C13H9BFIO/c15-11-5-4-9-8-17-14(13(9)7-11)10-2-1-3-12(16)6-10/h1-7H,8H2. The molecule has 0 saturated heterocycles. The van der Waals surface area contributed by atoms with E-state index in [2.05, 4.69) is 28.7 Å². The average molecular weight is 338 g/mol. The van der Waals surface area contributed by atoms with Gasteiger partial charge in [-0.2, -0.15) is 0 Å². The molecule has 0 fully saturated rings. The molecule has 3 rings (SSSR count). The summed E-state index contributed by atoms with van der Waals surface area (Å²) in [7, 11) is 0. The minimum atomic E-state index is -0.204. The predicted octanol–water partition coefficient (Wildman–Crippen LogP) is 2.07. The molecule has 1 heterocycles. The van der Waals surface area contributed by atoms with Crippen LogP contribution in [0.2, 0.25) is 0 Å². The largest absolute Gasteiger partial charge is 0.423 e. The number of benzene rings is 2. The van der Waals surface area contributed by atoms with E-state index in [0.29, 0.717) is 6.61 Å². The Morgan fingerprint density at radius 1 is 1.18 bits per heavy atom. The lowest BCUT2D eigenvalue weighted by atomic mass is 9.56. The van der Waals surface area contributed by atoms with Crippen molar-refractivity contribution in [3.05, 3.63) is 57.4 Å². The van der Waals surface area contributed by atoms with Crippen LogP contribution < -0.4 is 10.9 Å². The maximum Gasteiger partial charge on any atom is 0.362 e. The quantitative estimate of drug-likeness (QED) is 0.572. The summed E-state index contributed by atoms with van der Waals surface area (Å²) in [5.41, 5.74) is 3.11. The smallest absolute Gasteiger partial charge is 0.362 e. The van der Waals surface area contributed by atoms with Crippen LogP contribution in [0.3, 0.4) is 0 Å². The van der Waals surface area contributed by atoms with E-state index in [9.17, 15) is 4.39 Å². The molecule has 1 aliphatic rings. The molecule has 1 nitrogen and oxygen atoms in total. The van der Waals surface area contributed by atoms with Crippen LogP contribution in [0.4, 0.5) is 4.39 Å². The molecule has 0 bridgehead atoms. The first-order valence-electron chi connectivity index (χ1n) is 5.39. The van der Waals surface area contributed by atoms with Gasteiger partial charge in [0.15, 0.2) is 0 Å². The summed E-state index contributed by atoms with van der Waals surface area (Å²) in [6, 6.07) is 13.0. The lowest BCUT2D eigenvalue weighted by Gasteiger charge is -2.07. The molecule has 0 amide bonds. The molecule has 0 unspecified atom stereocenters. The summed E-state index contributed by atoms with van der Waals surface area (Å²) < 4.78 is 20.2. The van der Waals surface area contributed by atoms with Gasteiger partial charge in [-0.15, -0.1) is 0 Å². The first-order valence-corrected chi connectivity index (χ1v) is 6.47. The van der Waals surface area contributed by atoms with Crippen LogP contribution in [0.5, 0.6) is 0 Å². The van der Waals surface area contributed by atoms with Gasteiger partial charge in [-0.05, 0) is 57.3 Å². The molecule has 0 radical (unpaired) electrons. The molecule has 17 heavy (non-hydrogen) atoms. The van der Waals surface area contributed by atoms with Crippen LogP contribution in [-0.2, 0) is 11.3 Å². The Labute approximate surface area is 113 Å². The molecule has 4 heteroatoms. The maximum atomic E-state index is 13.3. The molecule has 0 saturated carbocycles. The molecular weight excluding hydrogens is 329 g/mol. The highest BCUT2D eigenvalue weighted by atomic mass is 127. The van der Waals surface area contributed by atoms with Crippen LogP contribution in [0, 0.1) is 9.39 Å². The van der Waals surface area contributed by atoms with Crippen LogP contribution in [-0.4, -0.2) is 6.92 Å². The number of fused-ring (bicyclic) bond motifs is 1. The molecule has 2 aromatic carbocycles. The third kappa shape index (κ3) is 2.11. The van der Waals surface area contributed by atoms with E-state index in [1.807, 2.05) is 18.2 Å². The monoisotopic (exact) mass is 338 g/mol. The van der Waals surface area contributed by atoms with Gasteiger partial charge in [0.2, 0.25) is 0 Å². The van der Waals surface area contributed by atoms with Crippen molar-refractivity contribution in [2.45, 2.75) is 6.61 Å². The van der Waals surface area contributed by atoms with Crippen molar-refractivity contribution in [3.8, 4) is 0 Å². The van der Waals surface area contributed by atoms with Gasteiger partial charge in [0.1, 0.15) is 5.82 Å². The normalized spacial score (nSPS) is 13.9. The summed E-state index contributed by atoms with van der Waals surface area (Å²) in [5, 5.41) is 0. The van der Waals surface area contributed by atoms with Crippen LogP contribution in [0.15, 0.2) is 42.5 Å². The zero-order chi connectivity index (χ0) is 11.8. The van der Waals surface area contributed by atoms with Gasteiger partial charge in [0, 0.05) is 3.57 Å². The summed E-state index contributed by atoms with van der Waals surface area (Å²) in [6.07, 6.45) is 0. The second kappa shape index (κ2) is 4.42. The fraction of sp³-hybridized carbons (Fsp3) is 0.0769. The first-order chi connectivity index (χ1) is 8.24. The van der Waals surface area contributed by atoms with Crippen molar-refractivity contribution in [1.29, 1.82) is 0 Å². The molecule has 0 aliphatic carbocycles. The van der Waals surface area contributed by atoms with E-state index in [4.69, 9.17) is 4.65 Å². The molecular formula is C13H9BFIO. The maximum absolute atomic E-state index is 13.3. The molecule has 2 aromatic rings. The van der Waals surface area contributed by atoms with Gasteiger partial charge in [0.05, 0.1) is 6.61 Å². The molecule has 0 spiro atoms. The van der Waals surface area contributed by atoms with Crippen LogP contribution in [0.25, 0.3) is 0 Å². The van der Waals surface area contributed by atoms with Crippen molar-refractivity contribution >= 4 is 40.4 Å². The Bertz CT molecular complexity index is 573. The van der Waals surface area contributed by atoms with E-state index >= 15 is 0 Å². The van der Waals surface area contributed by atoms with Gasteiger partial charge in [0.25, 0.3) is 0 Å².